The Morgan fingerprint density at radius 2 is 1.67 bits per heavy atom. The number of fused-ring (bicyclic) bond motifs is 1. The zero-order valence-corrected chi connectivity index (χ0v) is 19.0. The molecule has 2 aliphatic rings. The lowest BCUT2D eigenvalue weighted by Crippen LogP contribution is -2.46. The van der Waals surface area contributed by atoms with Crippen molar-refractivity contribution in [1.29, 1.82) is 0 Å². The van der Waals surface area contributed by atoms with Crippen LogP contribution in [0.3, 0.4) is 0 Å². The monoisotopic (exact) mass is 449 g/mol. The summed E-state index contributed by atoms with van der Waals surface area (Å²) in [6.45, 7) is 4.59. The van der Waals surface area contributed by atoms with Gasteiger partial charge in [-0.3, -0.25) is 24.1 Å². The number of likely N-dealkylation sites (tertiary alicyclic amines) is 1. The lowest BCUT2D eigenvalue weighted by Gasteiger charge is -2.32. The fraction of sp³-hybridized carbons (Fsp3) is 0.360. The van der Waals surface area contributed by atoms with Gasteiger partial charge in [0.2, 0.25) is 0 Å². The van der Waals surface area contributed by atoms with Gasteiger partial charge in [0.25, 0.3) is 23.6 Å². The fourth-order valence-corrected chi connectivity index (χ4v) is 4.36. The summed E-state index contributed by atoms with van der Waals surface area (Å²) in [5, 5.41) is 3.00. The summed E-state index contributed by atoms with van der Waals surface area (Å²) < 4.78 is 5.29. The first-order chi connectivity index (χ1) is 15.8. The smallest absolute Gasteiger partial charge is 0.261 e. The Kier molecular flexibility index (Phi) is 6.18. The van der Waals surface area contributed by atoms with Crippen molar-refractivity contribution in [1.82, 2.24) is 15.1 Å². The van der Waals surface area contributed by atoms with Crippen molar-refractivity contribution in [2.24, 2.45) is 0 Å². The number of amides is 4. The molecule has 2 aliphatic heterocycles. The molecule has 8 heteroatoms. The maximum Gasteiger partial charge on any atom is 0.261 e. The lowest BCUT2D eigenvalue weighted by atomic mass is 10.0. The molecular weight excluding hydrogens is 422 g/mol. The first kappa shape index (κ1) is 22.5. The third-order valence-corrected chi connectivity index (χ3v) is 6.15. The first-order valence-electron chi connectivity index (χ1n) is 11.1. The van der Waals surface area contributed by atoms with E-state index in [-0.39, 0.29) is 41.3 Å². The number of benzene rings is 2. The Balaban J connectivity index is 1.38. The minimum absolute atomic E-state index is 0.0861. The number of imide groups is 1. The first-order valence-corrected chi connectivity index (χ1v) is 11.1. The molecule has 0 spiro atoms. The average molecular weight is 450 g/mol. The highest BCUT2D eigenvalue weighted by atomic mass is 16.5. The Morgan fingerprint density at radius 3 is 2.33 bits per heavy atom. The number of para-hydroxylation sites is 1. The van der Waals surface area contributed by atoms with Crippen LogP contribution in [0, 0.1) is 0 Å². The van der Waals surface area contributed by atoms with Crippen molar-refractivity contribution in [3.8, 4) is 5.75 Å². The van der Waals surface area contributed by atoms with E-state index in [1.165, 1.54) is 18.1 Å². The van der Waals surface area contributed by atoms with Gasteiger partial charge < -0.3 is 15.0 Å². The quantitative estimate of drug-likeness (QED) is 0.708. The highest BCUT2D eigenvalue weighted by Gasteiger charge is 2.37. The van der Waals surface area contributed by atoms with Gasteiger partial charge in [0.1, 0.15) is 5.75 Å². The largest absolute Gasteiger partial charge is 0.496 e. The Hall–Kier alpha value is -3.68. The van der Waals surface area contributed by atoms with Gasteiger partial charge in [-0.05, 0) is 57.0 Å². The van der Waals surface area contributed by atoms with Crippen LogP contribution < -0.4 is 10.1 Å². The lowest BCUT2D eigenvalue weighted by molar-refractivity contribution is 0.0607. The number of nitrogens with zero attached hydrogens (tertiary/aromatic N) is 2. The Bertz CT molecular complexity index is 1120. The average Bonchev–Trinajstić information content (AvgIpc) is 3.08. The van der Waals surface area contributed by atoms with Crippen molar-refractivity contribution in [2.75, 3.05) is 20.2 Å². The molecule has 2 heterocycles. The van der Waals surface area contributed by atoms with Crippen LogP contribution in [0.25, 0.3) is 0 Å². The van der Waals surface area contributed by atoms with E-state index in [1.54, 1.807) is 49.1 Å². The second-order valence-electron chi connectivity index (χ2n) is 8.57. The molecule has 0 saturated carbocycles. The standard InChI is InChI=1S/C25H27N3O5/c1-15(2)28-24(31)18-9-8-16(14-20(18)25(28)32)22(29)26-17-10-12-27(13-11-17)23(30)19-6-4-5-7-21(19)33-3/h4-9,14-15,17H,10-13H2,1-3H3,(H,26,29). The molecule has 2 aromatic carbocycles. The molecule has 0 bridgehead atoms. The molecule has 2 aromatic rings. The van der Waals surface area contributed by atoms with Gasteiger partial charge in [-0.25, -0.2) is 0 Å². The predicted octanol–water partition coefficient (Wildman–Crippen LogP) is 2.73. The number of nitrogens with one attached hydrogen (secondary N) is 1. The summed E-state index contributed by atoms with van der Waals surface area (Å²) in [4.78, 5) is 53.7. The van der Waals surface area contributed by atoms with E-state index in [0.29, 0.717) is 48.4 Å². The van der Waals surface area contributed by atoms with Gasteiger partial charge >= 0.3 is 0 Å². The molecule has 1 N–H and O–H groups in total. The van der Waals surface area contributed by atoms with Crippen LogP contribution in [0.2, 0.25) is 0 Å². The zero-order valence-electron chi connectivity index (χ0n) is 19.0. The minimum Gasteiger partial charge on any atom is -0.496 e. The molecule has 172 valence electrons. The molecule has 8 nitrogen and oxygen atoms in total. The van der Waals surface area contributed by atoms with E-state index < -0.39 is 0 Å². The van der Waals surface area contributed by atoms with E-state index in [1.807, 2.05) is 6.07 Å². The van der Waals surface area contributed by atoms with Gasteiger partial charge in [0.15, 0.2) is 0 Å². The molecular formula is C25H27N3O5. The van der Waals surface area contributed by atoms with E-state index in [9.17, 15) is 19.2 Å². The SMILES string of the molecule is COc1ccccc1C(=O)N1CCC(NC(=O)c2ccc3c(c2)C(=O)N(C(C)C)C3=O)CC1. The highest BCUT2D eigenvalue weighted by Crippen LogP contribution is 2.26. The molecule has 4 amide bonds. The number of carbonyl (C=O) groups is 4. The number of hydrogen-bond acceptors (Lipinski definition) is 5. The van der Waals surface area contributed by atoms with Crippen LogP contribution in [0.1, 0.15) is 68.1 Å². The molecule has 33 heavy (non-hydrogen) atoms. The maximum absolute atomic E-state index is 12.9. The normalized spacial score (nSPS) is 16.2. The molecule has 0 aliphatic carbocycles. The van der Waals surface area contributed by atoms with Crippen molar-refractivity contribution in [2.45, 2.75) is 38.8 Å². The number of hydrogen-bond donors (Lipinski definition) is 1. The molecule has 1 saturated heterocycles. The molecule has 0 radical (unpaired) electrons. The number of carbonyl (C=O) groups excluding carboxylic acids is 4. The number of rotatable bonds is 5. The molecule has 0 aromatic heterocycles. The van der Waals surface area contributed by atoms with E-state index in [4.69, 9.17) is 4.74 Å². The molecule has 0 atom stereocenters. The fourth-order valence-electron chi connectivity index (χ4n) is 4.36. The van der Waals surface area contributed by atoms with E-state index in [2.05, 4.69) is 5.32 Å². The van der Waals surface area contributed by atoms with Crippen molar-refractivity contribution < 1.29 is 23.9 Å². The number of methoxy groups -OCH3 is 1. The zero-order chi connectivity index (χ0) is 23.7. The maximum atomic E-state index is 12.9. The Morgan fingerprint density at radius 1 is 1.00 bits per heavy atom. The summed E-state index contributed by atoms with van der Waals surface area (Å²) in [5.41, 5.74) is 1.45. The van der Waals surface area contributed by atoms with Gasteiger partial charge in [0.05, 0.1) is 23.8 Å². The number of piperidine rings is 1. The molecule has 0 unspecified atom stereocenters. The molecule has 4 rings (SSSR count). The summed E-state index contributed by atoms with van der Waals surface area (Å²) in [7, 11) is 1.54. The summed E-state index contributed by atoms with van der Waals surface area (Å²) in [5.74, 6) is -0.547. The van der Waals surface area contributed by atoms with Gasteiger partial charge in [-0.1, -0.05) is 12.1 Å². The third-order valence-electron chi connectivity index (χ3n) is 6.15. The predicted molar refractivity (Wildman–Crippen MR) is 121 cm³/mol. The Labute approximate surface area is 192 Å². The summed E-state index contributed by atoms with van der Waals surface area (Å²) >= 11 is 0. The van der Waals surface area contributed by atoms with Gasteiger partial charge in [0, 0.05) is 30.7 Å². The van der Waals surface area contributed by atoms with Gasteiger partial charge in [-0.2, -0.15) is 0 Å². The minimum atomic E-state index is -0.372. The summed E-state index contributed by atoms with van der Waals surface area (Å²) in [6.07, 6.45) is 1.24. The van der Waals surface area contributed by atoms with Crippen LogP contribution in [0.15, 0.2) is 42.5 Å². The third kappa shape index (κ3) is 4.20. The second-order valence-corrected chi connectivity index (χ2v) is 8.57. The number of ether oxygens (including phenoxy) is 1. The molecule has 1 fully saturated rings. The van der Waals surface area contributed by atoms with E-state index in [0.717, 1.165) is 0 Å². The van der Waals surface area contributed by atoms with Crippen LogP contribution >= 0.6 is 0 Å². The van der Waals surface area contributed by atoms with Crippen LogP contribution in [0.4, 0.5) is 0 Å². The van der Waals surface area contributed by atoms with Crippen molar-refractivity contribution >= 4 is 23.6 Å². The van der Waals surface area contributed by atoms with E-state index >= 15 is 0 Å². The van der Waals surface area contributed by atoms with Crippen LogP contribution in [-0.2, 0) is 0 Å². The summed E-state index contributed by atoms with van der Waals surface area (Å²) in [6, 6.07) is 11.4. The van der Waals surface area contributed by atoms with Crippen LogP contribution in [-0.4, -0.2) is 65.7 Å². The van der Waals surface area contributed by atoms with Crippen molar-refractivity contribution in [3.05, 3.63) is 64.7 Å². The van der Waals surface area contributed by atoms with Gasteiger partial charge in [-0.15, -0.1) is 0 Å². The topological polar surface area (TPSA) is 96.0 Å². The highest BCUT2D eigenvalue weighted by molar-refractivity contribution is 6.22. The second kappa shape index (κ2) is 9.05. The van der Waals surface area contributed by atoms with Crippen LogP contribution in [0.5, 0.6) is 5.75 Å². The van der Waals surface area contributed by atoms with Crippen molar-refractivity contribution in [3.63, 3.8) is 0 Å².